The number of H-pyrrole nitrogens is 2. The molecule has 0 aliphatic heterocycles. The van der Waals surface area contributed by atoms with Gasteiger partial charge in [-0.05, 0) is 12.1 Å². The quantitative estimate of drug-likeness (QED) is 0.224. The molecule has 2 N–H and O–H groups in total. The molecule has 6 heteroatoms. The summed E-state index contributed by atoms with van der Waals surface area (Å²) in [6.07, 6.45) is 0. The number of aromatic nitrogens is 2. The lowest BCUT2D eigenvalue weighted by molar-refractivity contribution is -0.359. The number of nitrogens with one attached hydrogen (secondary N) is 2. The minimum absolute atomic E-state index is 0.205. The van der Waals surface area contributed by atoms with Crippen LogP contribution in [-0.4, -0.2) is 0 Å². The Morgan fingerprint density at radius 3 is 1.05 bits per heavy atom. The van der Waals surface area contributed by atoms with Crippen molar-refractivity contribution in [1.29, 1.82) is 0 Å². The Morgan fingerprint density at radius 2 is 0.711 bits per heavy atom. The zero-order chi connectivity index (χ0) is 27.1. The summed E-state index contributed by atoms with van der Waals surface area (Å²) in [7, 11) is 0. The van der Waals surface area contributed by atoms with E-state index in [1.165, 1.54) is 0 Å². The van der Waals surface area contributed by atoms with E-state index in [2.05, 4.69) is 9.97 Å². The van der Waals surface area contributed by atoms with Crippen molar-refractivity contribution < 1.29 is 9.97 Å². The largest absolute Gasteiger partial charge is 0.289 e. The number of benzene rings is 6. The summed E-state index contributed by atoms with van der Waals surface area (Å²) < 4.78 is 0. The third-order valence-electron chi connectivity index (χ3n) is 6.71. The zero-order valence-electron chi connectivity index (χ0n) is 21.6. The normalized spacial score (nSPS) is 11.1. The molecule has 0 saturated carbocycles. The van der Waals surface area contributed by atoms with Crippen molar-refractivity contribution in [2.24, 2.45) is 0 Å². The topological polar surface area (TPSA) is 96.6 Å². The van der Waals surface area contributed by atoms with Crippen molar-refractivity contribution in [2.75, 3.05) is 0 Å². The molecule has 1 heterocycles. The molecule has 0 aliphatic rings. The third-order valence-corrected chi connectivity index (χ3v) is 6.71. The van der Waals surface area contributed by atoms with Gasteiger partial charge in [0.05, 0.1) is 0 Å². The molecular weight excluding hydrogens is 476 g/mol. The van der Waals surface area contributed by atoms with E-state index in [0.29, 0.717) is 65.2 Å². The minimum atomic E-state index is -0.238. The number of aromatic amines is 2. The van der Waals surface area contributed by atoms with Crippen molar-refractivity contribution in [3.05, 3.63) is 114 Å². The van der Waals surface area contributed by atoms with Crippen LogP contribution in [0.3, 0.4) is 0 Å². The minimum Gasteiger partial charge on any atom is -0.289 e. The van der Waals surface area contributed by atoms with Crippen LogP contribution in [-0.2, 0) is 0 Å². The van der Waals surface area contributed by atoms with E-state index in [9.17, 15) is 19.2 Å². The molecule has 0 bridgehead atoms. The van der Waals surface area contributed by atoms with Crippen LogP contribution in [0.4, 0.5) is 0 Å². The van der Waals surface area contributed by atoms with E-state index in [0.717, 1.165) is 0 Å². The van der Waals surface area contributed by atoms with Crippen LogP contribution in [0.25, 0.3) is 65.2 Å². The second-order valence-electron chi connectivity index (χ2n) is 8.48. The molecule has 186 valence electrons. The van der Waals surface area contributed by atoms with Gasteiger partial charge in [0, 0.05) is 44.5 Å². The van der Waals surface area contributed by atoms with E-state index < -0.39 is 0 Å². The molecule has 0 unspecified atom stereocenters. The lowest BCUT2D eigenvalue weighted by Gasteiger charge is -2.02. The maximum atomic E-state index is 13.4. The smallest absolute Gasteiger partial charge is 0.288 e. The molecule has 7 aromatic rings. The van der Waals surface area contributed by atoms with E-state index in [1.54, 1.807) is 72.8 Å². The van der Waals surface area contributed by atoms with E-state index in [-0.39, 0.29) is 21.7 Å². The molecule has 0 amide bonds. The van der Waals surface area contributed by atoms with Gasteiger partial charge in [0.25, 0.3) is 22.1 Å². The van der Waals surface area contributed by atoms with Gasteiger partial charge in [0.1, 0.15) is 10.8 Å². The monoisotopic (exact) mass is 502 g/mol. The maximum Gasteiger partial charge on any atom is 0.288 e. The Kier molecular flexibility index (Phi) is 6.25. The van der Waals surface area contributed by atoms with Crippen LogP contribution < -0.4 is 31.7 Å². The highest BCUT2D eigenvalue weighted by atomic mass is 16.1. The molecule has 0 aliphatic carbocycles. The highest BCUT2D eigenvalue weighted by molar-refractivity contribution is 6.10. The second kappa shape index (κ2) is 9.56. The standard InChI is InChI=1S/C28H12N2O4.2C2H6/c31-25-13-5-1-3-7-15(13)27(33)21-17(25)9-11-19-23(21)29-20-12-10-18-22(24(20)30-19)28(34)16-8-4-2-6-14(16)26(18)32;2*1-2/h1-12H;2*1-2H3/p+2. The van der Waals surface area contributed by atoms with Gasteiger partial charge < -0.3 is 0 Å². The summed E-state index contributed by atoms with van der Waals surface area (Å²) >= 11 is 0. The summed E-state index contributed by atoms with van der Waals surface area (Å²) in [5.41, 5.74) is 1.18. The first kappa shape index (κ1) is 24.8. The fraction of sp³-hybridized carbons (Fsp3) is 0.125. The summed E-state index contributed by atoms with van der Waals surface area (Å²) in [6.45, 7) is 8.00. The molecule has 0 saturated heterocycles. The predicted molar refractivity (Wildman–Crippen MR) is 155 cm³/mol. The first-order valence-corrected chi connectivity index (χ1v) is 12.8. The second-order valence-corrected chi connectivity index (χ2v) is 8.48. The van der Waals surface area contributed by atoms with Crippen molar-refractivity contribution in [2.45, 2.75) is 27.7 Å². The van der Waals surface area contributed by atoms with Gasteiger partial charge in [-0.3, -0.25) is 19.2 Å². The van der Waals surface area contributed by atoms with Gasteiger partial charge in [-0.1, -0.05) is 76.2 Å². The SMILES string of the molecule is CC.CC.O=c1c2ccccc2c(=O)c2c1ccc1[nH+]c3c(ccc4c(=O)c5ccccc5c(=O)c43)[nH+]c12. The van der Waals surface area contributed by atoms with Crippen molar-refractivity contribution in [1.82, 2.24) is 0 Å². The molecule has 7 rings (SSSR count). The average Bonchev–Trinajstić information content (AvgIpc) is 2.98. The van der Waals surface area contributed by atoms with Crippen LogP contribution >= 0.6 is 0 Å². The molecule has 1 aromatic heterocycles. The van der Waals surface area contributed by atoms with Crippen molar-refractivity contribution >= 4 is 65.2 Å². The first-order chi connectivity index (χ1) is 18.5. The molecular formula is C32H26N2O4+2. The first-order valence-electron chi connectivity index (χ1n) is 12.8. The van der Waals surface area contributed by atoms with E-state index in [4.69, 9.17) is 0 Å². The van der Waals surface area contributed by atoms with Crippen LogP contribution in [0, 0.1) is 0 Å². The Balaban J connectivity index is 0.000000704. The number of hydrogen-bond donors (Lipinski definition) is 0. The molecule has 0 atom stereocenters. The lowest BCUT2D eigenvalue weighted by atomic mass is 9.99. The van der Waals surface area contributed by atoms with Gasteiger partial charge in [0.2, 0.25) is 10.9 Å². The third kappa shape index (κ3) is 3.41. The van der Waals surface area contributed by atoms with E-state index >= 15 is 0 Å². The van der Waals surface area contributed by atoms with Crippen LogP contribution in [0.1, 0.15) is 27.7 Å². The predicted octanol–water partition coefficient (Wildman–Crippen LogP) is 4.60. The van der Waals surface area contributed by atoms with Crippen LogP contribution in [0.15, 0.2) is 92.0 Å². The molecule has 6 nitrogen and oxygen atoms in total. The highest BCUT2D eigenvalue weighted by Gasteiger charge is 2.25. The fourth-order valence-electron chi connectivity index (χ4n) is 5.11. The number of rotatable bonds is 0. The molecule has 0 radical (unpaired) electrons. The lowest BCUT2D eigenvalue weighted by Crippen LogP contribution is -2.23. The van der Waals surface area contributed by atoms with Gasteiger partial charge in [-0.15, -0.1) is 0 Å². The van der Waals surface area contributed by atoms with Gasteiger partial charge in [-0.25, -0.2) is 0 Å². The highest BCUT2D eigenvalue weighted by Crippen LogP contribution is 2.22. The summed E-state index contributed by atoms with van der Waals surface area (Å²) in [5, 5.41) is 2.76. The number of hydrogen-bond acceptors (Lipinski definition) is 4. The Hall–Kier alpha value is -4.84. The van der Waals surface area contributed by atoms with Gasteiger partial charge in [0.15, 0.2) is 10.9 Å². The number of fused-ring (bicyclic) bond motifs is 8. The van der Waals surface area contributed by atoms with Crippen LogP contribution in [0.2, 0.25) is 0 Å². The molecule has 38 heavy (non-hydrogen) atoms. The zero-order valence-corrected chi connectivity index (χ0v) is 21.6. The molecule has 0 fully saturated rings. The summed E-state index contributed by atoms with van der Waals surface area (Å²) in [4.78, 5) is 59.5. The van der Waals surface area contributed by atoms with Gasteiger partial charge >= 0.3 is 0 Å². The average molecular weight is 503 g/mol. The Labute approximate surface area is 216 Å². The summed E-state index contributed by atoms with van der Waals surface area (Å²) in [6, 6.07) is 20.3. The van der Waals surface area contributed by atoms with Crippen LogP contribution in [0.5, 0.6) is 0 Å². The molecule has 6 aromatic carbocycles. The van der Waals surface area contributed by atoms with Crippen molar-refractivity contribution in [3.63, 3.8) is 0 Å². The fourth-order valence-corrected chi connectivity index (χ4v) is 5.11. The maximum absolute atomic E-state index is 13.4. The molecule has 0 spiro atoms. The van der Waals surface area contributed by atoms with Gasteiger partial charge in [-0.2, -0.15) is 9.97 Å². The van der Waals surface area contributed by atoms with Crippen molar-refractivity contribution in [3.8, 4) is 0 Å². The Morgan fingerprint density at radius 1 is 0.395 bits per heavy atom. The van der Waals surface area contributed by atoms with E-state index in [1.807, 2.05) is 27.7 Å². The summed E-state index contributed by atoms with van der Waals surface area (Å²) in [5.74, 6) is 0. The Bertz CT molecular complexity index is 2100.